The fourth-order valence-electron chi connectivity index (χ4n) is 0.460. The van der Waals surface area contributed by atoms with Gasteiger partial charge in [0.25, 0.3) is 0 Å². The fourth-order valence-corrected chi connectivity index (χ4v) is 0.460. The number of amides is 1. The zero-order chi connectivity index (χ0) is 8.85. The van der Waals surface area contributed by atoms with Crippen molar-refractivity contribution in [3.05, 3.63) is 0 Å². The molecule has 2 N–H and O–H groups in total. The molecule has 1 unspecified atom stereocenters. The first-order chi connectivity index (χ1) is 5.11. The molecule has 0 saturated carbocycles. The highest BCUT2D eigenvalue weighted by Crippen LogP contribution is 2.00. The number of nitrogens with two attached hydrogens (primary N) is 1. The molecule has 0 aromatic heterocycles. The summed E-state index contributed by atoms with van der Waals surface area (Å²) in [7, 11) is 1.18. The van der Waals surface area contributed by atoms with Crippen LogP contribution >= 0.6 is 0 Å². The number of methoxy groups -OCH3 is 1. The van der Waals surface area contributed by atoms with Crippen LogP contribution in [0.25, 0.3) is 0 Å². The van der Waals surface area contributed by atoms with Gasteiger partial charge in [0.2, 0.25) is 5.91 Å². The Balaban J connectivity index is 4.01. The lowest BCUT2D eigenvalue weighted by Crippen LogP contribution is -2.24. The number of hydrogen-bond acceptors (Lipinski definition) is 4. The van der Waals surface area contributed by atoms with Crippen molar-refractivity contribution in [1.82, 2.24) is 0 Å². The van der Waals surface area contributed by atoms with Crippen molar-refractivity contribution in [3.63, 3.8) is 0 Å². The fraction of sp³-hybridized carbons (Fsp3) is 0.500. The van der Waals surface area contributed by atoms with Crippen molar-refractivity contribution in [2.24, 2.45) is 11.7 Å². The molecular weight excluding hydrogens is 148 g/mol. The topological polar surface area (TPSA) is 93.2 Å². The van der Waals surface area contributed by atoms with Gasteiger partial charge in [0, 0.05) is 0 Å². The van der Waals surface area contributed by atoms with E-state index >= 15 is 0 Å². The highest BCUT2D eigenvalue weighted by molar-refractivity contribution is 5.84. The van der Waals surface area contributed by atoms with E-state index in [1.165, 1.54) is 7.11 Å². The number of carbonyl (C=O) groups excluding carboxylic acids is 2. The molecular formula is C6H8N2O3. The Morgan fingerprint density at radius 3 is 2.55 bits per heavy atom. The summed E-state index contributed by atoms with van der Waals surface area (Å²) in [6, 6.07) is 1.59. The highest BCUT2D eigenvalue weighted by atomic mass is 16.5. The van der Waals surface area contributed by atoms with E-state index in [4.69, 9.17) is 11.0 Å². The molecule has 0 rings (SSSR count). The lowest BCUT2D eigenvalue weighted by Gasteiger charge is -2.00. The van der Waals surface area contributed by atoms with Gasteiger partial charge in [0.05, 0.1) is 19.6 Å². The summed E-state index contributed by atoms with van der Waals surface area (Å²) in [6.45, 7) is 0. The summed E-state index contributed by atoms with van der Waals surface area (Å²) in [5, 5.41) is 8.28. The Hall–Kier alpha value is -1.57. The molecule has 0 spiro atoms. The number of nitrogens with zero attached hydrogens (tertiary/aromatic N) is 1. The van der Waals surface area contributed by atoms with E-state index < -0.39 is 17.8 Å². The normalized spacial score (nSPS) is 11.3. The van der Waals surface area contributed by atoms with Crippen LogP contribution < -0.4 is 5.73 Å². The third kappa shape index (κ3) is 3.20. The Morgan fingerprint density at radius 1 is 1.73 bits per heavy atom. The van der Waals surface area contributed by atoms with Crippen molar-refractivity contribution in [3.8, 4) is 6.07 Å². The van der Waals surface area contributed by atoms with Crippen molar-refractivity contribution in [2.75, 3.05) is 7.11 Å². The smallest absolute Gasteiger partial charge is 0.307 e. The number of rotatable bonds is 3. The van der Waals surface area contributed by atoms with Gasteiger partial charge in [-0.05, 0) is 0 Å². The molecule has 0 bridgehead atoms. The van der Waals surface area contributed by atoms with Crippen molar-refractivity contribution >= 4 is 11.9 Å². The summed E-state index contributed by atoms with van der Waals surface area (Å²) < 4.78 is 4.23. The van der Waals surface area contributed by atoms with Crippen LogP contribution in [0, 0.1) is 17.2 Å². The van der Waals surface area contributed by atoms with E-state index in [1.54, 1.807) is 6.07 Å². The maximum absolute atomic E-state index is 10.5. The highest BCUT2D eigenvalue weighted by Gasteiger charge is 2.18. The van der Waals surface area contributed by atoms with Crippen LogP contribution in [0.1, 0.15) is 6.42 Å². The van der Waals surface area contributed by atoms with E-state index in [9.17, 15) is 9.59 Å². The van der Waals surface area contributed by atoms with Crippen molar-refractivity contribution in [2.45, 2.75) is 6.42 Å². The molecule has 0 aliphatic heterocycles. The molecule has 0 aromatic rings. The molecule has 60 valence electrons. The Kier molecular flexibility index (Phi) is 3.67. The summed E-state index contributed by atoms with van der Waals surface area (Å²) in [6.07, 6.45) is -0.275. The number of primary amides is 1. The van der Waals surface area contributed by atoms with Crippen LogP contribution in [-0.4, -0.2) is 19.0 Å². The van der Waals surface area contributed by atoms with E-state index in [2.05, 4.69) is 4.74 Å². The van der Waals surface area contributed by atoms with E-state index in [-0.39, 0.29) is 6.42 Å². The van der Waals surface area contributed by atoms with Gasteiger partial charge in [-0.2, -0.15) is 5.26 Å². The Labute approximate surface area is 63.7 Å². The average Bonchev–Trinajstić information content (AvgIpc) is 1.99. The quantitative estimate of drug-likeness (QED) is 0.540. The Morgan fingerprint density at radius 2 is 2.27 bits per heavy atom. The standard InChI is InChI=1S/C6H8N2O3/c1-11-5(9)2-4(3-7)6(8)10/h4H,2H2,1H3,(H2,8,10). The van der Waals surface area contributed by atoms with Gasteiger partial charge in [0.15, 0.2) is 0 Å². The lowest BCUT2D eigenvalue weighted by atomic mass is 10.1. The van der Waals surface area contributed by atoms with Crippen molar-refractivity contribution < 1.29 is 14.3 Å². The van der Waals surface area contributed by atoms with Crippen LogP contribution in [0.2, 0.25) is 0 Å². The number of carbonyl (C=O) groups is 2. The lowest BCUT2D eigenvalue weighted by molar-refractivity contribution is -0.142. The monoisotopic (exact) mass is 156 g/mol. The summed E-state index contributed by atoms with van der Waals surface area (Å²) >= 11 is 0. The van der Waals surface area contributed by atoms with Crippen LogP contribution in [0.15, 0.2) is 0 Å². The number of esters is 1. The predicted octanol–water partition coefficient (Wildman–Crippen LogP) is -0.825. The van der Waals surface area contributed by atoms with E-state index in [1.807, 2.05) is 0 Å². The SMILES string of the molecule is COC(=O)CC(C#N)C(N)=O. The summed E-state index contributed by atoms with van der Waals surface area (Å²) in [5.74, 6) is -2.50. The van der Waals surface area contributed by atoms with Gasteiger partial charge in [-0.3, -0.25) is 9.59 Å². The van der Waals surface area contributed by atoms with Gasteiger partial charge in [-0.1, -0.05) is 0 Å². The first-order valence-corrected chi connectivity index (χ1v) is 2.87. The zero-order valence-corrected chi connectivity index (χ0v) is 6.03. The second-order valence-electron chi connectivity index (χ2n) is 1.86. The minimum Gasteiger partial charge on any atom is -0.469 e. The van der Waals surface area contributed by atoms with E-state index in [0.29, 0.717) is 0 Å². The van der Waals surface area contributed by atoms with Crippen LogP contribution in [0.4, 0.5) is 0 Å². The first-order valence-electron chi connectivity index (χ1n) is 2.87. The van der Waals surface area contributed by atoms with Gasteiger partial charge in [0.1, 0.15) is 5.92 Å². The molecule has 0 fully saturated rings. The Bertz CT molecular complexity index is 206. The van der Waals surface area contributed by atoms with Crippen LogP contribution in [-0.2, 0) is 14.3 Å². The van der Waals surface area contributed by atoms with Gasteiger partial charge in [-0.25, -0.2) is 0 Å². The summed E-state index contributed by atoms with van der Waals surface area (Å²) in [4.78, 5) is 20.9. The maximum Gasteiger partial charge on any atom is 0.307 e. The average molecular weight is 156 g/mol. The van der Waals surface area contributed by atoms with Gasteiger partial charge in [-0.15, -0.1) is 0 Å². The van der Waals surface area contributed by atoms with Crippen LogP contribution in [0.3, 0.4) is 0 Å². The van der Waals surface area contributed by atoms with E-state index in [0.717, 1.165) is 0 Å². The molecule has 1 atom stereocenters. The first kappa shape index (κ1) is 9.43. The number of hydrogen-bond donors (Lipinski definition) is 1. The molecule has 5 nitrogen and oxygen atoms in total. The second kappa shape index (κ2) is 4.28. The number of ether oxygens (including phenoxy) is 1. The largest absolute Gasteiger partial charge is 0.469 e. The van der Waals surface area contributed by atoms with Gasteiger partial charge < -0.3 is 10.5 Å². The second-order valence-corrected chi connectivity index (χ2v) is 1.86. The third-order valence-corrected chi connectivity index (χ3v) is 1.10. The molecule has 0 aromatic carbocycles. The third-order valence-electron chi connectivity index (χ3n) is 1.10. The molecule has 5 heteroatoms. The van der Waals surface area contributed by atoms with Crippen molar-refractivity contribution in [1.29, 1.82) is 5.26 Å². The molecule has 0 aliphatic rings. The minimum absolute atomic E-state index is 0.275. The van der Waals surface area contributed by atoms with Crippen LogP contribution in [0.5, 0.6) is 0 Å². The molecule has 0 heterocycles. The molecule has 0 radical (unpaired) electrons. The summed E-state index contributed by atoms with van der Waals surface area (Å²) in [5.41, 5.74) is 4.78. The maximum atomic E-state index is 10.5. The zero-order valence-electron chi connectivity index (χ0n) is 6.03. The molecule has 11 heavy (non-hydrogen) atoms. The van der Waals surface area contributed by atoms with Gasteiger partial charge >= 0.3 is 5.97 Å². The minimum atomic E-state index is -1.08. The molecule has 0 saturated heterocycles. The number of nitriles is 1. The predicted molar refractivity (Wildman–Crippen MR) is 34.9 cm³/mol. The molecule has 1 amide bonds. The molecule has 0 aliphatic carbocycles.